The van der Waals surface area contributed by atoms with Crippen LogP contribution in [0.1, 0.15) is 65.7 Å². The molecule has 1 atom stereocenters. The van der Waals surface area contributed by atoms with Crippen molar-refractivity contribution in [2.24, 2.45) is 17.3 Å². The molecule has 1 saturated heterocycles. The summed E-state index contributed by atoms with van der Waals surface area (Å²) in [7, 11) is 0. The van der Waals surface area contributed by atoms with E-state index in [0.717, 1.165) is 31.8 Å². The van der Waals surface area contributed by atoms with Gasteiger partial charge in [-0.1, -0.05) is 27.2 Å². The first-order chi connectivity index (χ1) is 9.39. The molecule has 0 bridgehead atoms. The average Bonchev–Trinajstić information content (AvgIpc) is 2.39. The lowest BCUT2D eigenvalue weighted by molar-refractivity contribution is -0.147. The topological polar surface area (TPSA) is 40.5 Å². The third-order valence-corrected chi connectivity index (χ3v) is 5.48. The standard InChI is InChI=1S/C17H31NO2/c1-17(2,3)14-9-7-13(8-10-14)15(16(19)20)18-11-5-4-6-12-18/h13-15H,4-12H2,1-3H3,(H,19,20). The van der Waals surface area contributed by atoms with Crippen LogP contribution in [0, 0.1) is 17.3 Å². The Morgan fingerprint density at radius 2 is 1.60 bits per heavy atom. The zero-order chi connectivity index (χ0) is 14.8. The summed E-state index contributed by atoms with van der Waals surface area (Å²) in [5, 5.41) is 9.66. The molecule has 0 amide bonds. The molecular weight excluding hydrogens is 250 g/mol. The van der Waals surface area contributed by atoms with Crippen LogP contribution in [-0.2, 0) is 4.79 Å². The Balaban J connectivity index is 1.96. The van der Waals surface area contributed by atoms with Crippen molar-refractivity contribution in [2.45, 2.75) is 71.8 Å². The van der Waals surface area contributed by atoms with Gasteiger partial charge in [-0.25, -0.2) is 0 Å². The molecule has 0 spiro atoms. The van der Waals surface area contributed by atoms with Crippen molar-refractivity contribution in [2.75, 3.05) is 13.1 Å². The van der Waals surface area contributed by atoms with Gasteiger partial charge in [0.2, 0.25) is 0 Å². The number of piperidine rings is 1. The van der Waals surface area contributed by atoms with Crippen LogP contribution in [0.3, 0.4) is 0 Å². The molecule has 1 aliphatic carbocycles. The maximum absolute atomic E-state index is 11.7. The second-order valence-corrected chi connectivity index (χ2v) is 7.86. The van der Waals surface area contributed by atoms with E-state index in [1.165, 1.54) is 32.1 Å². The third-order valence-electron chi connectivity index (χ3n) is 5.48. The Labute approximate surface area is 123 Å². The fraction of sp³-hybridized carbons (Fsp3) is 0.941. The average molecular weight is 281 g/mol. The lowest BCUT2D eigenvalue weighted by Crippen LogP contribution is -2.49. The number of hydrogen-bond acceptors (Lipinski definition) is 2. The fourth-order valence-corrected chi connectivity index (χ4v) is 4.15. The zero-order valence-corrected chi connectivity index (χ0v) is 13.4. The first kappa shape index (κ1) is 15.8. The highest BCUT2D eigenvalue weighted by Crippen LogP contribution is 2.41. The molecule has 1 N–H and O–H groups in total. The highest BCUT2D eigenvalue weighted by molar-refractivity contribution is 5.74. The maximum atomic E-state index is 11.7. The quantitative estimate of drug-likeness (QED) is 0.856. The van der Waals surface area contributed by atoms with Crippen LogP contribution < -0.4 is 0 Å². The van der Waals surface area contributed by atoms with E-state index >= 15 is 0 Å². The van der Waals surface area contributed by atoms with Crippen LogP contribution in [0.4, 0.5) is 0 Å². The van der Waals surface area contributed by atoms with Crippen LogP contribution in [0.2, 0.25) is 0 Å². The first-order valence-electron chi connectivity index (χ1n) is 8.36. The van der Waals surface area contributed by atoms with E-state index in [1.54, 1.807) is 0 Å². The molecule has 2 aliphatic rings. The van der Waals surface area contributed by atoms with Gasteiger partial charge < -0.3 is 5.11 Å². The predicted octanol–water partition coefficient (Wildman–Crippen LogP) is 3.78. The van der Waals surface area contributed by atoms with E-state index in [9.17, 15) is 9.90 Å². The molecule has 0 aromatic rings. The fourth-order valence-electron chi connectivity index (χ4n) is 4.15. The Morgan fingerprint density at radius 3 is 2.05 bits per heavy atom. The second kappa shape index (κ2) is 6.46. The SMILES string of the molecule is CC(C)(C)C1CCC(C(C(=O)O)N2CCCCC2)CC1. The smallest absolute Gasteiger partial charge is 0.321 e. The molecule has 1 heterocycles. The Hall–Kier alpha value is -0.570. The van der Waals surface area contributed by atoms with Crippen molar-refractivity contribution in [1.29, 1.82) is 0 Å². The van der Waals surface area contributed by atoms with Gasteiger partial charge in [-0.15, -0.1) is 0 Å². The normalized spacial score (nSPS) is 30.9. The van der Waals surface area contributed by atoms with E-state index in [-0.39, 0.29) is 6.04 Å². The van der Waals surface area contributed by atoms with Crippen LogP contribution in [0.15, 0.2) is 0 Å². The lowest BCUT2D eigenvalue weighted by Gasteiger charge is -2.42. The minimum absolute atomic E-state index is 0.226. The molecule has 0 aromatic carbocycles. The van der Waals surface area contributed by atoms with E-state index in [1.807, 2.05) is 0 Å². The molecule has 3 heteroatoms. The molecule has 20 heavy (non-hydrogen) atoms. The van der Waals surface area contributed by atoms with Gasteiger partial charge in [0.05, 0.1) is 0 Å². The number of nitrogens with zero attached hydrogens (tertiary/aromatic N) is 1. The molecule has 1 aliphatic heterocycles. The molecule has 0 aromatic heterocycles. The van der Waals surface area contributed by atoms with Crippen LogP contribution in [-0.4, -0.2) is 35.1 Å². The summed E-state index contributed by atoms with van der Waals surface area (Å²) in [4.78, 5) is 14.0. The minimum Gasteiger partial charge on any atom is -0.480 e. The molecule has 0 radical (unpaired) electrons. The molecule has 3 nitrogen and oxygen atoms in total. The maximum Gasteiger partial charge on any atom is 0.321 e. The highest BCUT2D eigenvalue weighted by Gasteiger charge is 2.38. The van der Waals surface area contributed by atoms with Gasteiger partial charge in [0.1, 0.15) is 6.04 Å². The number of carbonyl (C=O) groups is 1. The first-order valence-corrected chi connectivity index (χ1v) is 8.36. The molecular formula is C17H31NO2. The molecule has 116 valence electrons. The molecule has 1 unspecified atom stereocenters. The van der Waals surface area contributed by atoms with Gasteiger partial charge in [0.25, 0.3) is 0 Å². The van der Waals surface area contributed by atoms with Crippen molar-refractivity contribution >= 4 is 5.97 Å². The highest BCUT2D eigenvalue weighted by atomic mass is 16.4. The van der Waals surface area contributed by atoms with Crippen LogP contribution in [0.5, 0.6) is 0 Å². The summed E-state index contributed by atoms with van der Waals surface area (Å²) >= 11 is 0. The zero-order valence-electron chi connectivity index (χ0n) is 13.4. The Kier molecular flexibility index (Phi) is 5.11. The number of rotatable bonds is 3. The number of hydrogen-bond donors (Lipinski definition) is 1. The van der Waals surface area contributed by atoms with Crippen molar-refractivity contribution in [3.63, 3.8) is 0 Å². The van der Waals surface area contributed by atoms with Gasteiger partial charge in [0, 0.05) is 0 Å². The lowest BCUT2D eigenvalue weighted by atomic mass is 9.68. The summed E-state index contributed by atoms with van der Waals surface area (Å²) in [5.74, 6) is 0.532. The van der Waals surface area contributed by atoms with E-state index < -0.39 is 5.97 Å². The molecule has 2 fully saturated rings. The van der Waals surface area contributed by atoms with Crippen molar-refractivity contribution in [1.82, 2.24) is 4.90 Å². The Bertz CT molecular complexity index is 320. The Morgan fingerprint density at radius 1 is 1.05 bits per heavy atom. The summed E-state index contributed by atoms with van der Waals surface area (Å²) in [5.41, 5.74) is 0.370. The second-order valence-electron chi connectivity index (χ2n) is 7.86. The summed E-state index contributed by atoms with van der Waals surface area (Å²) in [6.07, 6.45) is 8.18. The minimum atomic E-state index is -0.592. The van der Waals surface area contributed by atoms with Gasteiger partial charge in [-0.2, -0.15) is 0 Å². The summed E-state index contributed by atoms with van der Waals surface area (Å²) in [6.45, 7) is 8.91. The van der Waals surface area contributed by atoms with Gasteiger partial charge in [-0.05, 0) is 68.9 Å². The van der Waals surface area contributed by atoms with Gasteiger partial charge in [0.15, 0.2) is 0 Å². The van der Waals surface area contributed by atoms with Gasteiger partial charge >= 0.3 is 5.97 Å². The number of carboxylic acids is 1. The largest absolute Gasteiger partial charge is 0.480 e. The molecule has 1 saturated carbocycles. The number of likely N-dealkylation sites (tertiary alicyclic amines) is 1. The predicted molar refractivity (Wildman–Crippen MR) is 81.8 cm³/mol. The molecule has 2 rings (SSSR count). The van der Waals surface area contributed by atoms with Gasteiger partial charge in [-0.3, -0.25) is 9.69 Å². The third kappa shape index (κ3) is 3.75. The van der Waals surface area contributed by atoms with Crippen molar-refractivity contribution < 1.29 is 9.90 Å². The van der Waals surface area contributed by atoms with Crippen LogP contribution >= 0.6 is 0 Å². The van der Waals surface area contributed by atoms with Crippen molar-refractivity contribution in [3.8, 4) is 0 Å². The summed E-state index contributed by atoms with van der Waals surface area (Å²) < 4.78 is 0. The van der Waals surface area contributed by atoms with E-state index in [4.69, 9.17) is 0 Å². The van der Waals surface area contributed by atoms with E-state index in [0.29, 0.717) is 11.3 Å². The number of carboxylic acid groups (broad SMARTS) is 1. The number of aliphatic carboxylic acids is 1. The van der Waals surface area contributed by atoms with Crippen molar-refractivity contribution in [3.05, 3.63) is 0 Å². The van der Waals surface area contributed by atoms with Crippen LogP contribution in [0.25, 0.3) is 0 Å². The van der Waals surface area contributed by atoms with E-state index in [2.05, 4.69) is 25.7 Å². The monoisotopic (exact) mass is 281 g/mol. The summed E-state index contributed by atoms with van der Waals surface area (Å²) in [6, 6.07) is -0.226.